The minimum absolute atomic E-state index is 0.0445. The topological polar surface area (TPSA) is 41.1 Å². The third-order valence-corrected chi connectivity index (χ3v) is 3.09. The van der Waals surface area contributed by atoms with Crippen LogP contribution < -0.4 is 10.6 Å². The number of carbonyl (C=O) groups excluding carboxylic acids is 1. The zero-order chi connectivity index (χ0) is 12.7. The lowest BCUT2D eigenvalue weighted by molar-refractivity contribution is -0.120. The van der Waals surface area contributed by atoms with Crippen LogP contribution >= 0.6 is 15.9 Å². The predicted molar refractivity (Wildman–Crippen MR) is 73.9 cm³/mol. The van der Waals surface area contributed by atoms with Gasteiger partial charge < -0.3 is 10.6 Å². The molecular formula is C13H19BrN2O. The van der Waals surface area contributed by atoms with E-state index in [-0.39, 0.29) is 11.9 Å². The Morgan fingerprint density at radius 1 is 1.29 bits per heavy atom. The Balaban J connectivity index is 2.54. The van der Waals surface area contributed by atoms with Crippen molar-refractivity contribution in [2.45, 2.75) is 26.3 Å². The van der Waals surface area contributed by atoms with Gasteiger partial charge in [0.25, 0.3) is 0 Å². The van der Waals surface area contributed by atoms with Crippen LogP contribution in [-0.2, 0) is 4.79 Å². The third kappa shape index (κ3) is 4.88. The maximum absolute atomic E-state index is 11.4. The van der Waals surface area contributed by atoms with Crippen LogP contribution in [-0.4, -0.2) is 19.0 Å². The van der Waals surface area contributed by atoms with Crippen molar-refractivity contribution < 1.29 is 4.79 Å². The van der Waals surface area contributed by atoms with Crippen molar-refractivity contribution in [1.82, 2.24) is 10.6 Å². The molecule has 3 nitrogen and oxygen atoms in total. The zero-order valence-corrected chi connectivity index (χ0v) is 11.9. The Morgan fingerprint density at radius 2 is 1.94 bits per heavy atom. The summed E-state index contributed by atoms with van der Waals surface area (Å²) in [5.41, 5.74) is 1.21. The lowest BCUT2D eigenvalue weighted by atomic mass is 10.0. The van der Waals surface area contributed by atoms with Gasteiger partial charge in [-0.25, -0.2) is 0 Å². The third-order valence-electron chi connectivity index (χ3n) is 2.56. The summed E-state index contributed by atoms with van der Waals surface area (Å²) in [6.45, 7) is 5.07. The number of likely N-dealkylation sites (N-methyl/N-ethyl adjacent to an activating group) is 1. The molecule has 1 atom stereocenters. The van der Waals surface area contributed by atoms with Crippen LogP contribution in [0.1, 0.15) is 31.9 Å². The summed E-state index contributed by atoms with van der Waals surface area (Å²) >= 11 is 3.41. The van der Waals surface area contributed by atoms with E-state index in [2.05, 4.69) is 45.6 Å². The van der Waals surface area contributed by atoms with E-state index >= 15 is 0 Å². The average molecular weight is 299 g/mol. The van der Waals surface area contributed by atoms with Crippen molar-refractivity contribution in [2.24, 2.45) is 0 Å². The number of benzene rings is 1. The largest absolute Gasteiger partial charge is 0.355 e. The molecule has 2 N–H and O–H groups in total. The Bertz CT molecular complexity index is 351. The first kappa shape index (κ1) is 14.2. The minimum atomic E-state index is 0.0445. The van der Waals surface area contributed by atoms with E-state index in [9.17, 15) is 4.79 Å². The van der Waals surface area contributed by atoms with Gasteiger partial charge in [0.1, 0.15) is 0 Å². The fourth-order valence-corrected chi connectivity index (χ4v) is 1.93. The van der Waals surface area contributed by atoms with Gasteiger partial charge in [0.2, 0.25) is 5.91 Å². The van der Waals surface area contributed by atoms with Crippen molar-refractivity contribution in [3.63, 3.8) is 0 Å². The first-order chi connectivity index (χ1) is 8.17. The summed E-state index contributed by atoms with van der Waals surface area (Å²) in [6.07, 6.45) is 0.959. The highest BCUT2D eigenvalue weighted by atomic mass is 79.9. The number of halogens is 1. The van der Waals surface area contributed by atoms with Crippen LogP contribution in [0.15, 0.2) is 28.7 Å². The highest BCUT2D eigenvalue weighted by Gasteiger charge is 2.09. The lowest BCUT2D eigenvalue weighted by Crippen LogP contribution is -2.35. The van der Waals surface area contributed by atoms with Gasteiger partial charge in [-0.15, -0.1) is 0 Å². The number of hydrogen-bond acceptors (Lipinski definition) is 2. The molecular weight excluding hydrogens is 280 g/mol. The molecule has 1 amide bonds. The molecule has 1 aromatic rings. The molecule has 17 heavy (non-hydrogen) atoms. The smallest absolute Gasteiger partial charge is 0.233 e. The Hall–Kier alpha value is -0.870. The van der Waals surface area contributed by atoms with Gasteiger partial charge in [0.05, 0.1) is 6.54 Å². The molecule has 0 fully saturated rings. The minimum Gasteiger partial charge on any atom is -0.355 e. The van der Waals surface area contributed by atoms with Crippen LogP contribution in [0.3, 0.4) is 0 Å². The summed E-state index contributed by atoms with van der Waals surface area (Å²) in [4.78, 5) is 11.4. The van der Waals surface area contributed by atoms with Gasteiger partial charge in [-0.3, -0.25) is 4.79 Å². The first-order valence-electron chi connectivity index (χ1n) is 5.92. The van der Waals surface area contributed by atoms with Crippen molar-refractivity contribution >= 4 is 21.8 Å². The molecule has 0 heterocycles. The number of hydrogen-bond donors (Lipinski definition) is 2. The van der Waals surface area contributed by atoms with Gasteiger partial charge >= 0.3 is 0 Å². The maximum Gasteiger partial charge on any atom is 0.233 e. The molecule has 0 spiro atoms. The fourth-order valence-electron chi connectivity index (χ4n) is 1.67. The quantitative estimate of drug-likeness (QED) is 0.848. The molecule has 1 unspecified atom stereocenters. The number of rotatable bonds is 6. The first-order valence-corrected chi connectivity index (χ1v) is 6.72. The summed E-state index contributed by atoms with van der Waals surface area (Å²) in [5, 5.41) is 6.04. The van der Waals surface area contributed by atoms with Crippen molar-refractivity contribution in [3.05, 3.63) is 34.3 Å². The Morgan fingerprint density at radius 3 is 2.47 bits per heavy atom. The fraction of sp³-hybridized carbons (Fsp3) is 0.462. The molecule has 0 aliphatic carbocycles. The maximum atomic E-state index is 11.4. The Labute approximate surface area is 111 Å². The highest BCUT2D eigenvalue weighted by molar-refractivity contribution is 9.10. The monoisotopic (exact) mass is 298 g/mol. The van der Waals surface area contributed by atoms with Crippen molar-refractivity contribution in [3.8, 4) is 0 Å². The van der Waals surface area contributed by atoms with Gasteiger partial charge in [0, 0.05) is 17.1 Å². The van der Waals surface area contributed by atoms with E-state index in [1.165, 1.54) is 5.56 Å². The van der Waals surface area contributed by atoms with Gasteiger partial charge in [-0.1, -0.05) is 35.0 Å². The zero-order valence-electron chi connectivity index (χ0n) is 10.3. The molecule has 1 aromatic carbocycles. The van der Waals surface area contributed by atoms with E-state index in [0.717, 1.165) is 10.9 Å². The Kier molecular flexibility index (Phi) is 6.22. The second kappa shape index (κ2) is 7.45. The van der Waals surface area contributed by atoms with Gasteiger partial charge in [-0.05, 0) is 31.0 Å². The van der Waals surface area contributed by atoms with E-state index in [1.807, 2.05) is 19.1 Å². The SMILES string of the molecule is CCNC(=O)CNC(CC)c1ccc(Br)cc1. The molecule has 4 heteroatoms. The van der Waals surface area contributed by atoms with Crippen LogP contribution in [0, 0.1) is 0 Å². The predicted octanol–water partition coefficient (Wildman–Crippen LogP) is 2.63. The number of amides is 1. The van der Waals surface area contributed by atoms with E-state index in [0.29, 0.717) is 13.1 Å². The van der Waals surface area contributed by atoms with Gasteiger partial charge in [0.15, 0.2) is 0 Å². The summed E-state index contributed by atoms with van der Waals surface area (Å²) in [5.74, 6) is 0.0445. The van der Waals surface area contributed by atoms with E-state index < -0.39 is 0 Å². The molecule has 0 saturated carbocycles. The van der Waals surface area contributed by atoms with E-state index in [1.54, 1.807) is 0 Å². The van der Waals surface area contributed by atoms with Crippen molar-refractivity contribution in [1.29, 1.82) is 0 Å². The summed E-state index contributed by atoms with van der Waals surface area (Å²) in [7, 11) is 0. The molecule has 0 aromatic heterocycles. The summed E-state index contributed by atoms with van der Waals surface area (Å²) in [6, 6.07) is 8.41. The van der Waals surface area contributed by atoms with Gasteiger partial charge in [-0.2, -0.15) is 0 Å². The molecule has 0 bridgehead atoms. The highest BCUT2D eigenvalue weighted by Crippen LogP contribution is 2.19. The van der Waals surface area contributed by atoms with Crippen LogP contribution in [0.25, 0.3) is 0 Å². The molecule has 0 saturated heterocycles. The lowest BCUT2D eigenvalue weighted by Gasteiger charge is -2.17. The normalized spacial score (nSPS) is 12.2. The molecule has 0 aliphatic rings. The molecule has 94 valence electrons. The summed E-state index contributed by atoms with van der Waals surface area (Å²) < 4.78 is 1.07. The number of nitrogens with one attached hydrogen (secondary N) is 2. The van der Waals surface area contributed by atoms with Crippen molar-refractivity contribution in [2.75, 3.05) is 13.1 Å². The van der Waals surface area contributed by atoms with Crippen LogP contribution in [0.4, 0.5) is 0 Å². The van der Waals surface area contributed by atoms with E-state index in [4.69, 9.17) is 0 Å². The van der Waals surface area contributed by atoms with Crippen LogP contribution in [0.5, 0.6) is 0 Å². The number of carbonyl (C=O) groups is 1. The van der Waals surface area contributed by atoms with Crippen LogP contribution in [0.2, 0.25) is 0 Å². The second-order valence-electron chi connectivity index (χ2n) is 3.85. The molecule has 0 aliphatic heterocycles. The second-order valence-corrected chi connectivity index (χ2v) is 4.76. The standard InChI is InChI=1S/C13H19BrN2O/c1-3-12(16-9-13(17)15-4-2)10-5-7-11(14)8-6-10/h5-8,12,16H,3-4,9H2,1-2H3,(H,15,17). The molecule has 0 radical (unpaired) electrons. The average Bonchev–Trinajstić information content (AvgIpc) is 2.32. The molecule has 1 rings (SSSR count).